The van der Waals surface area contributed by atoms with Crippen molar-refractivity contribution < 1.29 is 23.9 Å². The second-order valence-electron chi connectivity index (χ2n) is 11.3. The zero-order valence-electron chi connectivity index (χ0n) is 20.5. The third kappa shape index (κ3) is 9.82. The summed E-state index contributed by atoms with van der Waals surface area (Å²) in [5.41, 5.74) is -0.455. The normalized spacial score (nSPS) is 17.7. The van der Waals surface area contributed by atoms with Crippen molar-refractivity contribution in [3.8, 4) is 0 Å². The highest BCUT2D eigenvalue weighted by Gasteiger charge is 2.39. The van der Waals surface area contributed by atoms with Gasteiger partial charge in [0.15, 0.2) is 8.32 Å². The van der Waals surface area contributed by atoms with Crippen LogP contribution in [0.3, 0.4) is 0 Å². The highest BCUT2D eigenvalue weighted by molar-refractivity contribution is 6.74. The summed E-state index contributed by atoms with van der Waals surface area (Å²) in [5.74, 6) is -0.148. The predicted molar refractivity (Wildman–Crippen MR) is 123 cm³/mol. The molecule has 1 fully saturated rings. The SMILES string of the molecule is CC(C)(C)OC(=O)N1CCC(CCC[C@@H](CCC(=O)O)O[Si](C)(C)C(C)(C)C)CC1. The number of ether oxygens (including phenoxy) is 1. The van der Waals surface area contributed by atoms with Gasteiger partial charge >= 0.3 is 12.1 Å². The van der Waals surface area contributed by atoms with Crippen LogP contribution in [0.1, 0.15) is 86.5 Å². The first-order valence-electron chi connectivity index (χ1n) is 11.5. The number of rotatable bonds is 9. The molecule has 1 aliphatic heterocycles. The molecular weight excluding hydrogens is 398 g/mol. The number of aliphatic carboxylic acids is 1. The van der Waals surface area contributed by atoms with Crippen LogP contribution < -0.4 is 0 Å². The van der Waals surface area contributed by atoms with Crippen LogP contribution in [0.15, 0.2) is 0 Å². The molecule has 1 N–H and O–H groups in total. The van der Waals surface area contributed by atoms with E-state index >= 15 is 0 Å². The first-order chi connectivity index (χ1) is 13.6. The summed E-state index contributed by atoms with van der Waals surface area (Å²) in [6.45, 7) is 18.3. The van der Waals surface area contributed by atoms with Crippen LogP contribution in [-0.4, -0.2) is 55.2 Å². The summed E-state index contributed by atoms with van der Waals surface area (Å²) in [6.07, 6.45) is 5.60. The first kappa shape index (κ1) is 27.0. The van der Waals surface area contributed by atoms with Crippen molar-refractivity contribution in [2.75, 3.05) is 13.1 Å². The minimum absolute atomic E-state index is 0.0174. The maximum atomic E-state index is 12.2. The molecule has 1 aliphatic rings. The summed E-state index contributed by atoms with van der Waals surface area (Å²) in [4.78, 5) is 25.1. The van der Waals surface area contributed by atoms with Crippen LogP contribution in [-0.2, 0) is 14.0 Å². The number of carboxylic acids is 1. The predicted octanol–water partition coefficient (Wildman–Crippen LogP) is 6.06. The lowest BCUT2D eigenvalue weighted by Gasteiger charge is -2.39. The minimum atomic E-state index is -1.92. The Labute approximate surface area is 184 Å². The molecule has 1 rings (SSSR count). The van der Waals surface area contributed by atoms with Gasteiger partial charge in [0.25, 0.3) is 0 Å². The third-order valence-corrected chi connectivity index (χ3v) is 10.9. The molecule has 30 heavy (non-hydrogen) atoms. The van der Waals surface area contributed by atoms with Gasteiger partial charge in [-0.3, -0.25) is 4.79 Å². The molecule has 7 heteroatoms. The minimum Gasteiger partial charge on any atom is -0.481 e. The Bertz CT molecular complexity index is 557. The van der Waals surface area contributed by atoms with Crippen molar-refractivity contribution in [1.29, 1.82) is 0 Å². The van der Waals surface area contributed by atoms with Crippen molar-refractivity contribution >= 4 is 20.4 Å². The van der Waals surface area contributed by atoms with E-state index in [4.69, 9.17) is 14.3 Å². The lowest BCUT2D eigenvalue weighted by Crippen LogP contribution is -2.44. The summed E-state index contributed by atoms with van der Waals surface area (Å²) in [7, 11) is -1.92. The summed E-state index contributed by atoms with van der Waals surface area (Å²) in [5, 5.41) is 9.22. The Balaban J connectivity index is 2.48. The van der Waals surface area contributed by atoms with Crippen molar-refractivity contribution in [1.82, 2.24) is 4.90 Å². The van der Waals surface area contributed by atoms with Crippen molar-refractivity contribution in [2.45, 2.75) is 116 Å². The number of hydrogen-bond acceptors (Lipinski definition) is 4. The molecule has 0 aromatic carbocycles. The Morgan fingerprint density at radius 1 is 1.07 bits per heavy atom. The average Bonchev–Trinajstić information content (AvgIpc) is 2.57. The summed E-state index contributed by atoms with van der Waals surface area (Å²) in [6, 6.07) is 0. The van der Waals surface area contributed by atoms with E-state index in [1.54, 1.807) is 0 Å². The monoisotopic (exact) mass is 443 g/mol. The fourth-order valence-corrected chi connectivity index (χ4v) is 4.93. The van der Waals surface area contributed by atoms with Crippen LogP contribution in [0.25, 0.3) is 0 Å². The average molecular weight is 444 g/mol. The van der Waals surface area contributed by atoms with Gasteiger partial charge < -0.3 is 19.2 Å². The quantitative estimate of drug-likeness (QED) is 0.438. The molecule has 0 spiro atoms. The number of likely N-dealkylation sites (tertiary alicyclic amines) is 1. The molecule has 1 atom stereocenters. The zero-order valence-corrected chi connectivity index (χ0v) is 21.5. The van der Waals surface area contributed by atoms with Gasteiger partial charge in [0, 0.05) is 25.6 Å². The molecule has 0 unspecified atom stereocenters. The molecule has 0 bridgehead atoms. The second kappa shape index (κ2) is 11.0. The second-order valence-corrected chi connectivity index (χ2v) is 16.0. The maximum absolute atomic E-state index is 12.2. The van der Waals surface area contributed by atoms with Gasteiger partial charge in [0.1, 0.15) is 5.60 Å². The van der Waals surface area contributed by atoms with E-state index < -0.39 is 19.9 Å². The smallest absolute Gasteiger partial charge is 0.410 e. The maximum Gasteiger partial charge on any atom is 0.410 e. The third-order valence-electron chi connectivity index (χ3n) is 6.35. The van der Waals surface area contributed by atoms with E-state index in [1.165, 1.54) is 0 Å². The van der Waals surface area contributed by atoms with E-state index in [0.717, 1.165) is 45.2 Å². The highest BCUT2D eigenvalue weighted by atomic mass is 28.4. The van der Waals surface area contributed by atoms with Gasteiger partial charge in [-0.25, -0.2) is 4.79 Å². The largest absolute Gasteiger partial charge is 0.481 e. The molecule has 1 saturated heterocycles. The molecule has 0 radical (unpaired) electrons. The Kier molecular flexibility index (Phi) is 9.87. The Morgan fingerprint density at radius 2 is 1.63 bits per heavy atom. The lowest BCUT2D eigenvalue weighted by molar-refractivity contribution is -0.137. The van der Waals surface area contributed by atoms with Crippen molar-refractivity contribution in [3.63, 3.8) is 0 Å². The molecule has 0 aromatic heterocycles. The Hall–Kier alpha value is -1.08. The zero-order chi connectivity index (χ0) is 23.2. The van der Waals surface area contributed by atoms with E-state index in [-0.39, 0.29) is 23.7 Å². The summed E-state index contributed by atoms with van der Waals surface area (Å²) < 4.78 is 12.0. The van der Waals surface area contributed by atoms with Gasteiger partial charge in [0.05, 0.1) is 0 Å². The van der Waals surface area contributed by atoms with E-state index in [9.17, 15) is 9.59 Å². The van der Waals surface area contributed by atoms with Crippen LogP contribution in [0.4, 0.5) is 4.79 Å². The fraction of sp³-hybridized carbons (Fsp3) is 0.913. The van der Waals surface area contributed by atoms with Gasteiger partial charge in [-0.1, -0.05) is 33.6 Å². The molecule has 1 heterocycles. The number of hydrogen-bond donors (Lipinski definition) is 1. The highest BCUT2D eigenvalue weighted by Crippen LogP contribution is 2.38. The fourth-order valence-electron chi connectivity index (χ4n) is 3.50. The molecule has 176 valence electrons. The van der Waals surface area contributed by atoms with Crippen molar-refractivity contribution in [3.05, 3.63) is 0 Å². The molecule has 0 aromatic rings. The van der Waals surface area contributed by atoms with E-state index in [1.807, 2.05) is 25.7 Å². The first-order valence-corrected chi connectivity index (χ1v) is 14.4. The number of carbonyl (C=O) groups is 2. The van der Waals surface area contributed by atoms with Crippen LogP contribution in [0.5, 0.6) is 0 Å². The lowest BCUT2D eigenvalue weighted by atomic mass is 9.91. The number of amides is 1. The van der Waals surface area contributed by atoms with Gasteiger partial charge in [0.2, 0.25) is 0 Å². The van der Waals surface area contributed by atoms with Crippen LogP contribution in [0, 0.1) is 5.92 Å². The number of nitrogens with zero attached hydrogens (tertiary/aromatic N) is 1. The number of carboxylic acid groups (broad SMARTS) is 1. The summed E-state index contributed by atoms with van der Waals surface area (Å²) >= 11 is 0. The molecule has 6 nitrogen and oxygen atoms in total. The molecule has 0 saturated carbocycles. The van der Waals surface area contributed by atoms with Gasteiger partial charge in [-0.2, -0.15) is 0 Å². The topological polar surface area (TPSA) is 76.1 Å². The van der Waals surface area contributed by atoms with Crippen molar-refractivity contribution in [2.24, 2.45) is 5.92 Å². The Morgan fingerprint density at radius 3 is 2.10 bits per heavy atom. The standard InChI is InChI=1S/C23H45NO5Si/c1-22(2,3)28-21(27)24-16-14-18(15-17-24)10-9-11-19(12-13-20(25)26)29-30(7,8)23(4,5)6/h18-19H,9-17H2,1-8H3,(H,25,26)/t19-/m0/s1. The van der Waals surface area contributed by atoms with Crippen LogP contribution in [0.2, 0.25) is 18.1 Å². The van der Waals surface area contributed by atoms with Crippen LogP contribution >= 0.6 is 0 Å². The molecular formula is C23H45NO5Si. The van der Waals surface area contributed by atoms with E-state index in [2.05, 4.69) is 33.9 Å². The number of piperidine rings is 1. The molecule has 1 amide bonds. The number of carbonyl (C=O) groups excluding carboxylic acids is 1. The van der Waals surface area contributed by atoms with Gasteiger partial charge in [-0.05, 0) is 70.5 Å². The van der Waals surface area contributed by atoms with E-state index in [0.29, 0.717) is 12.3 Å². The molecule has 0 aliphatic carbocycles. The van der Waals surface area contributed by atoms with Gasteiger partial charge in [-0.15, -0.1) is 0 Å².